The summed E-state index contributed by atoms with van der Waals surface area (Å²) < 4.78 is 36.0. The van der Waals surface area contributed by atoms with Crippen LogP contribution in [0.4, 0.5) is 0 Å². The van der Waals surface area contributed by atoms with E-state index in [2.05, 4.69) is 23.4 Å². The van der Waals surface area contributed by atoms with E-state index in [9.17, 15) is 13.2 Å². The molecule has 2 unspecified atom stereocenters. The van der Waals surface area contributed by atoms with Crippen LogP contribution in [-0.2, 0) is 10.0 Å². The maximum Gasteiger partial charge on any atom is 0.253 e. The Kier molecular flexibility index (Phi) is 6.57. The van der Waals surface area contributed by atoms with Crippen molar-refractivity contribution in [3.8, 4) is 5.75 Å². The summed E-state index contributed by atoms with van der Waals surface area (Å²) in [5, 5.41) is 0. The Morgan fingerprint density at radius 2 is 1.81 bits per heavy atom. The number of benzene rings is 1. The molecule has 0 saturated carbocycles. The van der Waals surface area contributed by atoms with Crippen LogP contribution < -0.4 is 4.74 Å². The molecule has 0 bridgehead atoms. The lowest BCUT2D eigenvalue weighted by molar-refractivity contribution is 0.0694. The van der Waals surface area contributed by atoms with E-state index < -0.39 is 10.0 Å². The van der Waals surface area contributed by atoms with E-state index in [1.807, 2.05) is 12.5 Å². The van der Waals surface area contributed by atoms with E-state index in [0.717, 1.165) is 19.3 Å². The lowest BCUT2D eigenvalue weighted by Gasteiger charge is -2.34. The molecular weight excluding hydrogens is 428 g/mol. The molecule has 2 aliphatic heterocycles. The van der Waals surface area contributed by atoms with E-state index in [1.165, 1.54) is 17.5 Å². The zero-order valence-electron chi connectivity index (χ0n) is 19.0. The van der Waals surface area contributed by atoms with Crippen LogP contribution >= 0.6 is 0 Å². The Morgan fingerprint density at radius 3 is 2.41 bits per heavy atom. The van der Waals surface area contributed by atoms with Crippen molar-refractivity contribution >= 4 is 15.9 Å². The highest BCUT2D eigenvalue weighted by atomic mass is 32.2. The molecule has 0 aliphatic carbocycles. The summed E-state index contributed by atoms with van der Waals surface area (Å²) in [6.07, 6.45) is 8.22. The van der Waals surface area contributed by atoms with Crippen LogP contribution in [0.2, 0.25) is 0 Å². The summed E-state index contributed by atoms with van der Waals surface area (Å²) in [6, 6.07) is 5.07. The van der Waals surface area contributed by atoms with Gasteiger partial charge in [0, 0.05) is 50.2 Å². The first kappa shape index (κ1) is 22.8. The van der Waals surface area contributed by atoms with Gasteiger partial charge in [-0.2, -0.15) is 4.31 Å². The number of ether oxygens (including phenoxy) is 1. The Labute approximate surface area is 190 Å². The summed E-state index contributed by atoms with van der Waals surface area (Å²) in [7, 11) is -2.31. The van der Waals surface area contributed by atoms with E-state index >= 15 is 0 Å². The molecule has 0 radical (unpaired) electrons. The van der Waals surface area contributed by atoms with E-state index in [-0.39, 0.29) is 16.6 Å². The first-order valence-corrected chi connectivity index (χ1v) is 12.7. The highest BCUT2D eigenvalue weighted by Crippen LogP contribution is 2.33. The quantitative estimate of drug-likeness (QED) is 0.685. The lowest BCUT2D eigenvalue weighted by atomic mass is 9.94. The molecule has 9 heteroatoms. The maximum atomic E-state index is 13.5. The molecule has 174 valence electrons. The zero-order valence-corrected chi connectivity index (χ0v) is 19.8. The molecule has 1 amide bonds. The molecule has 32 heavy (non-hydrogen) atoms. The van der Waals surface area contributed by atoms with Crippen molar-refractivity contribution in [1.82, 2.24) is 18.8 Å². The van der Waals surface area contributed by atoms with Gasteiger partial charge < -0.3 is 14.2 Å². The van der Waals surface area contributed by atoms with Gasteiger partial charge in [-0.1, -0.05) is 13.8 Å². The third-order valence-electron chi connectivity index (χ3n) is 6.56. The van der Waals surface area contributed by atoms with Gasteiger partial charge in [-0.3, -0.25) is 4.79 Å². The number of imidazole rings is 1. The number of sulfonamides is 1. The fourth-order valence-corrected chi connectivity index (χ4v) is 6.85. The molecule has 1 aromatic carbocycles. The first-order chi connectivity index (χ1) is 15.3. The Morgan fingerprint density at radius 1 is 1.12 bits per heavy atom. The second kappa shape index (κ2) is 9.23. The first-order valence-electron chi connectivity index (χ1n) is 11.2. The van der Waals surface area contributed by atoms with Crippen LogP contribution in [0, 0.1) is 11.8 Å². The van der Waals surface area contributed by atoms with Gasteiger partial charge in [0.15, 0.2) is 0 Å². The van der Waals surface area contributed by atoms with Crippen molar-refractivity contribution in [2.75, 3.05) is 33.3 Å². The van der Waals surface area contributed by atoms with Gasteiger partial charge in [0.25, 0.3) is 5.91 Å². The van der Waals surface area contributed by atoms with Crippen LogP contribution in [-0.4, -0.2) is 66.4 Å². The number of piperidine rings is 2. The molecule has 2 aromatic rings. The van der Waals surface area contributed by atoms with Crippen molar-refractivity contribution in [3.05, 3.63) is 42.5 Å². The number of rotatable bonds is 5. The predicted molar refractivity (Wildman–Crippen MR) is 121 cm³/mol. The van der Waals surface area contributed by atoms with Gasteiger partial charge in [-0.15, -0.1) is 0 Å². The molecule has 2 atom stereocenters. The van der Waals surface area contributed by atoms with Crippen molar-refractivity contribution in [1.29, 1.82) is 0 Å². The number of carbonyl (C=O) groups excluding carboxylic acids is 1. The number of likely N-dealkylation sites (tertiary alicyclic amines) is 1. The third-order valence-corrected chi connectivity index (χ3v) is 8.41. The molecule has 2 saturated heterocycles. The standard InChI is InChI=1S/C23H32N4O4S/c1-17-12-18(2)15-27(14-17)32(29,30)22-13-19(4-5-21(22)31-3)23(28)25-9-6-20(7-10-25)26-11-8-24-16-26/h4-5,8,11,13,16-18,20H,6-7,9-10,12,14-15H2,1-3H3. The number of nitrogens with zero attached hydrogens (tertiary/aromatic N) is 4. The fourth-order valence-electron chi connectivity index (χ4n) is 4.99. The summed E-state index contributed by atoms with van der Waals surface area (Å²) in [6.45, 7) is 6.35. The minimum atomic E-state index is -3.77. The number of hydrogen-bond donors (Lipinski definition) is 0. The van der Waals surface area contributed by atoms with Crippen molar-refractivity contribution < 1.29 is 17.9 Å². The number of amides is 1. The van der Waals surface area contributed by atoms with Crippen LogP contribution in [0.15, 0.2) is 41.8 Å². The van der Waals surface area contributed by atoms with Gasteiger partial charge in [0.05, 0.1) is 13.4 Å². The monoisotopic (exact) mass is 460 g/mol. The van der Waals surface area contributed by atoms with Crippen LogP contribution in [0.1, 0.15) is 49.5 Å². The predicted octanol–water partition coefficient (Wildman–Crippen LogP) is 3.04. The summed E-state index contributed by atoms with van der Waals surface area (Å²) in [4.78, 5) is 19.2. The number of hydrogen-bond acceptors (Lipinski definition) is 5. The van der Waals surface area contributed by atoms with Crippen LogP contribution in [0.5, 0.6) is 5.75 Å². The van der Waals surface area contributed by atoms with Gasteiger partial charge >= 0.3 is 0 Å². The number of methoxy groups -OCH3 is 1. The highest BCUT2D eigenvalue weighted by molar-refractivity contribution is 7.89. The molecule has 2 fully saturated rings. The molecule has 0 spiro atoms. The summed E-state index contributed by atoms with van der Waals surface area (Å²) in [5.41, 5.74) is 0.378. The second-order valence-electron chi connectivity index (χ2n) is 9.17. The Bertz CT molecular complexity index is 1040. The van der Waals surface area contributed by atoms with Gasteiger partial charge in [-0.25, -0.2) is 13.4 Å². The van der Waals surface area contributed by atoms with Crippen molar-refractivity contribution in [3.63, 3.8) is 0 Å². The summed E-state index contributed by atoms with van der Waals surface area (Å²) >= 11 is 0. The van der Waals surface area contributed by atoms with E-state index in [1.54, 1.807) is 23.2 Å². The highest BCUT2D eigenvalue weighted by Gasteiger charge is 2.34. The molecule has 0 N–H and O–H groups in total. The van der Waals surface area contributed by atoms with E-state index in [4.69, 9.17) is 4.74 Å². The second-order valence-corrected chi connectivity index (χ2v) is 11.1. The molecule has 4 rings (SSSR count). The van der Waals surface area contributed by atoms with E-state index in [0.29, 0.717) is 49.6 Å². The zero-order chi connectivity index (χ0) is 22.9. The van der Waals surface area contributed by atoms with Crippen molar-refractivity contribution in [2.24, 2.45) is 11.8 Å². The van der Waals surface area contributed by atoms with Crippen molar-refractivity contribution in [2.45, 2.75) is 44.0 Å². The molecule has 2 aliphatic rings. The fraction of sp³-hybridized carbons (Fsp3) is 0.565. The normalized spacial score (nSPS) is 23.3. The topological polar surface area (TPSA) is 84.7 Å². The van der Waals surface area contributed by atoms with Gasteiger partial charge in [0.2, 0.25) is 10.0 Å². The smallest absolute Gasteiger partial charge is 0.253 e. The Hall–Kier alpha value is -2.39. The maximum absolute atomic E-state index is 13.5. The largest absolute Gasteiger partial charge is 0.495 e. The van der Waals surface area contributed by atoms with Crippen LogP contribution in [0.25, 0.3) is 0 Å². The lowest BCUT2D eigenvalue weighted by Crippen LogP contribution is -2.42. The Balaban J connectivity index is 1.55. The third kappa shape index (κ3) is 4.54. The molecule has 3 heterocycles. The minimum Gasteiger partial charge on any atom is -0.495 e. The molecule has 1 aromatic heterocycles. The average Bonchev–Trinajstić information content (AvgIpc) is 3.32. The molecule has 8 nitrogen and oxygen atoms in total. The van der Waals surface area contributed by atoms with Gasteiger partial charge in [0.1, 0.15) is 10.6 Å². The molecular formula is C23H32N4O4S. The number of carbonyl (C=O) groups is 1. The minimum absolute atomic E-state index is 0.0699. The van der Waals surface area contributed by atoms with Crippen LogP contribution in [0.3, 0.4) is 0 Å². The average molecular weight is 461 g/mol. The number of aromatic nitrogens is 2. The SMILES string of the molecule is COc1ccc(C(=O)N2CCC(n3ccnc3)CC2)cc1S(=O)(=O)N1CC(C)CC(C)C1. The summed E-state index contributed by atoms with van der Waals surface area (Å²) in [5.74, 6) is 0.710. The van der Waals surface area contributed by atoms with Gasteiger partial charge in [-0.05, 0) is 49.3 Å².